The largest absolute Gasteiger partial charge is 0.354 e. The molecule has 0 N–H and O–H groups in total. The summed E-state index contributed by atoms with van der Waals surface area (Å²) < 4.78 is 1.08. The van der Waals surface area contributed by atoms with Gasteiger partial charge in [0.05, 0.1) is 0 Å². The Labute approximate surface area is 185 Å². The lowest BCUT2D eigenvalue weighted by Gasteiger charge is -2.37. The Morgan fingerprint density at radius 1 is 0.897 bits per heavy atom. The molecule has 7 nitrogen and oxygen atoms in total. The minimum atomic E-state index is 0.111. The van der Waals surface area contributed by atoms with Crippen molar-refractivity contribution in [3.05, 3.63) is 45.3 Å². The van der Waals surface area contributed by atoms with Crippen molar-refractivity contribution in [2.24, 2.45) is 0 Å². The molecule has 3 heterocycles. The summed E-state index contributed by atoms with van der Waals surface area (Å²) >= 11 is 2.25. The summed E-state index contributed by atoms with van der Waals surface area (Å²) in [6.45, 7) is 9.03. The maximum absolute atomic E-state index is 12.8. The second-order valence-electron chi connectivity index (χ2n) is 7.71. The summed E-state index contributed by atoms with van der Waals surface area (Å²) in [4.78, 5) is 31.1. The number of aryl methyl sites for hydroxylation is 1. The molecule has 4 rings (SSSR count). The van der Waals surface area contributed by atoms with Crippen molar-refractivity contribution in [3.8, 4) is 0 Å². The van der Waals surface area contributed by atoms with Gasteiger partial charge in [0.25, 0.3) is 5.91 Å². The quantitative estimate of drug-likeness (QED) is 0.595. The predicted octanol–water partition coefficient (Wildman–Crippen LogP) is 2.10. The van der Waals surface area contributed by atoms with E-state index in [1.807, 2.05) is 36.1 Å². The molecule has 2 aliphatic heterocycles. The fourth-order valence-corrected chi connectivity index (χ4v) is 4.38. The highest BCUT2D eigenvalue weighted by molar-refractivity contribution is 14.1. The summed E-state index contributed by atoms with van der Waals surface area (Å²) in [6.07, 6.45) is 0. The van der Waals surface area contributed by atoms with Crippen LogP contribution in [0.5, 0.6) is 0 Å². The molecule has 1 amide bonds. The van der Waals surface area contributed by atoms with Gasteiger partial charge in [-0.15, -0.1) is 0 Å². The topological polar surface area (TPSA) is 55.8 Å². The SMILES string of the molecule is Cc1nc(N2CCN(C)CC2)cc(N2CCN(C(=O)c3cccc(I)c3)CC2)n1. The normalized spacial score (nSPS) is 18.2. The summed E-state index contributed by atoms with van der Waals surface area (Å²) in [6, 6.07) is 9.90. The number of likely N-dealkylation sites (N-methyl/N-ethyl adjacent to an activating group) is 1. The number of piperazine rings is 2. The molecule has 0 spiro atoms. The second-order valence-corrected chi connectivity index (χ2v) is 8.96. The van der Waals surface area contributed by atoms with Crippen LogP contribution in [0.15, 0.2) is 30.3 Å². The van der Waals surface area contributed by atoms with Gasteiger partial charge in [-0.25, -0.2) is 9.97 Å². The lowest BCUT2D eigenvalue weighted by molar-refractivity contribution is 0.0746. The lowest BCUT2D eigenvalue weighted by atomic mass is 10.2. The van der Waals surface area contributed by atoms with Crippen molar-refractivity contribution in [1.29, 1.82) is 0 Å². The Balaban J connectivity index is 1.42. The summed E-state index contributed by atoms with van der Waals surface area (Å²) in [5.74, 6) is 2.89. The monoisotopic (exact) mass is 506 g/mol. The third-order valence-electron chi connectivity index (χ3n) is 5.60. The van der Waals surface area contributed by atoms with E-state index < -0.39 is 0 Å². The van der Waals surface area contributed by atoms with E-state index in [4.69, 9.17) is 0 Å². The van der Waals surface area contributed by atoms with Crippen molar-refractivity contribution in [1.82, 2.24) is 19.8 Å². The molecular weight excluding hydrogens is 479 g/mol. The van der Waals surface area contributed by atoms with E-state index in [1.165, 1.54) is 0 Å². The average Bonchev–Trinajstić information content (AvgIpc) is 2.73. The Morgan fingerprint density at radius 2 is 1.48 bits per heavy atom. The van der Waals surface area contributed by atoms with E-state index in [-0.39, 0.29) is 5.91 Å². The van der Waals surface area contributed by atoms with Crippen LogP contribution >= 0.6 is 22.6 Å². The highest BCUT2D eigenvalue weighted by Gasteiger charge is 2.24. The van der Waals surface area contributed by atoms with E-state index in [0.29, 0.717) is 13.1 Å². The first-order valence-corrected chi connectivity index (χ1v) is 11.2. The second kappa shape index (κ2) is 8.83. The zero-order chi connectivity index (χ0) is 20.4. The van der Waals surface area contributed by atoms with E-state index in [1.54, 1.807) is 0 Å². The number of hydrogen-bond acceptors (Lipinski definition) is 6. The number of nitrogens with zero attached hydrogens (tertiary/aromatic N) is 6. The summed E-state index contributed by atoms with van der Waals surface area (Å²) in [5.41, 5.74) is 0.764. The molecule has 154 valence electrons. The van der Waals surface area contributed by atoms with Gasteiger partial charge >= 0.3 is 0 Å². The molecule has 0 aliphatic carbocycles. The maximum atomic E-state index is 12.8. The van der Waals surface area contributed by atoms with Crippen LogP contribution in [0.3, 0.4) is 0 Å². The van der Waals surface area contributed by atoms with Gasteiger partial charge in [0.15, 0.2) is 0 Å². The standard InChI is InChI=1S/C21H27IN6O/c1-16-23-19(26-8-6-25(2)7-9-26)15-20(24-16)27-10-12-28(13-11-27)21(29)17-4-3-5-18(22)14-17/h3-5,14-15H,6-13H2,1-2H3. The Morgan fingerprint density at radius 3 is 2.07 bits per heavy atom. The van der Waals surface area contributed by atoms with Crippen LogP contribution < -0.4 is 9.80 Å². The van der Waals surface area contributed by atoms with Gasteiger partial charge in [-0.3, -0.25) is 4.79 Å². The molecule has 2 saturated heterocycles. The summed E-state index contributed by atoms with van der Waals surface area (Å²) in [7, 11) is 2.16. The number of benzene rings is 1. The molecule has 8 heteroatoms. The van der Waals surface area contributed by atoms with Crippen LogP contribution in [0.1, 0.15) is 16.2 Å². The number of carbonyl (C=O) groups excluding carboxylic acids is 1. The number of hydrogen-bond donors (Lipinski definition) is 0. The smallest absolute Gasteiger partial charge is 0.254 e. The van der Waals surface area contributed by atoms with Crippen LogP contribution in [0.2, 0.25) is 0 Å². The Hall–Kier alpha value is -1.94. The van der Waals surface area contributed by atoms with Crippen molar-refractivity contribution < 1.29 is 4.79 Å². The van der Waals surface area contributed by atoms with E-state index in [0.717, 1.165) is 65.9 Å². The molecule has 1 aromatic carbocycles. The van der Waals surface area contributed by atoms with Crippen molar-refractivity contribution in [2.45, 2.75) is 6.92 Å². The van der Waals surface area contributed by atoms with Crippen LogP contribution in [0, 0.1) is 10.5 Å². The Bertz CT molecular complexity index is 875. The number of amides is 1. The Kier molecular flexibility index (Phi) is 6.19. The van der Waals surface area contributed by atoms with Gasteiger partial charge in [0, 0.05) is 67.6 Å². The van der Waals surface area contributed by atoms with Gasteiger partial charge in [-0.05, 0) is 54.8 Å². The highest BCUT2D eigenvalue weighted by Crippen LogP contribution is 2.22. The zero-order valence-electron chi connectivity index (χ0n) is 17.0. The first-order chi connectivity index (χ1) is 14.0. The molecule has 2 aromatic rings. The van der Waals surface area contributed by atoms with Gasteiger partial charge in [-0.2, -0.15) is 0 Å². The highest BCUT2D eigenvalue weighted by atomic mass is 127. The van der Waals surface area contributed by atoms with Crippen LogP contribution in [0.4, 0.5) is 11.6 Å². The molecule has 0 atom stereocenters. The predicted molar refractivity (Wildman–Crippen MR) is 124 cm³/mol. The van der Waals surface area contributed by atoms with Gasteiger partial charge in [0.2, 0.25) is 0 Å². The molecule has 0 radical (unpaired) electrons. The minimum absolute atomic E-state index is 0.111. The number of carbonyl (C=O) groups is 1. The summed E-state index contributed by atoms with van der Waals surface area (Å²) in [5, 5.41) is 0. The minimum Gasteiger partial charge on any atom is -0.354 e. The molecule has 1 aromatic heterocycles. The molecule has 2 fully saturated rings. The fraction of sp³-hybridized carbons (Fsp3) is 0.476. The molecule has 2 aliphatic rings. The number of halogens is 1. The fourth-order valence-electron chi connectivity index (χ4n) is 3.84. The number of anilines is 2. The molecule has 0 bridgehead atoms. The number of aromatic nitrogens is 2. The molecular formula is C21H27IN6O. The maximum Gasteiger partial charge on any atom is 0.254 e. The van der Waals surface area contributed by atoms with Crippen molar-refractivity contribution in [3.63, 3.8) is 0 Å². The van der Waals surface area contributed by atoms with Crippen molar-refractivity contribution >= 4 is 40.1 Å². The van der Waals surface area contributed by atoms with Gasteiger partial charge in [0.1, 0.15) is 17.5 Å². The first kappa shape index (κ1) is 20.3. The third-order valence-corrected chi connectivity index (χ3v) is 6.27. The molecule has 0 saturated carbocycles. The van der Waals surface area contributed by atoms with E-state index >= 15 is 0 Å². The third kappa shape index (κ3) is 4.80. The van der Waals surface area contributed by atoms with E-state index in [2.05, 4.69) is 60.4 Å². The van der Waals surface area contributed by atoms with E-state index in [9.17, 15) is 4.79 Å². The molecule has 0 unspecified atom stereocenters. The number of rotatable bonds is 3. The molecule has 29 heavy (non-hydrogen) atoms. The van der Waals surface area contributed by atoms with Gasteiger partial charge < -0.3 is 19.6 Å². The van der Waals surface area contributed by atoms with Crippen LogP contribution in [-0.2, 0) is 0 Å². The average molecular weight is 506 g/mol. The van der Waals surface area contributed by atoms with Crippen LogP contribution in [-0.4, -0.2) is 85.1 Å². The van der Waals surface area contributed by atoms with Crippen LogP contribution in [0.25, 0.3) is 0 Å². The van der Waals surface area contributed by atoms with Gasteiger partial charge in [-0.1, -0.05) is 6.07 Å². The first-order valence-electron chi connectivity index (χ1n) is 10.1. The zero-order valence-corrected chi connectivity index (χ0v) is 19.2. The van der Waals surface area contributed by atoms with Crippen molar-refractivity contribution in [2.75, 3.05) is 69.2 Å². The lowest BCUT2D eigenvalue weighted by Crippen LogP contribution is -2.49.